The first-order valence-electron chi connectivity index (χ1n) is 4.86. The van der Waals surface area contributed by atoms with Gasteiger partial charge in [0.05, 0.1) is 18.7 Å². The second kappa shape index (κ2) is 3.35. The lowest BCUT2D eigenvalue weighted by Crippen LogP contribution is -1.90. The summed E-state index contributed by atoms with van der Waals surface area (Å²) in [6.07, 6.45) is 0. The molecule has 1 aliphatic heterocycles. The maximum Gasteiger partial charge on any atom is 0.119 e. The highest BCUT2D eigenvalue weighted by atomic mass is 32.2. The van der Waals surface area contributed by atoms with Crippen LogP contribution in [0.1, 0.15) is 0 Å². The number of thioether (sulfide) groups is 1. The van der Waals surface area contributed by atoms with Gasteiger partial charge in [-0.3, -0.25) is 0 Å². The molecule has 0 fully saturated rings. The van der Waals surface area contributed by atoms with Crippen LogP contribution < -0.4 is 10.1 Å². The quantitative estimate of drug-likeness (QED) is 0.791. The normalized spacial score (nSPS) is 13.7. The topological polar surface area (TPSA) is 21.3 Å². The van der Waals surface area contributed by atoms with E-state index in [1.54, 1.807) is 7.11 Å². The van der Waals surface area contributed by atoms with Gasteiger partial charge >= 0.3 is 0 Å². The minimum atomic E-state index is 0.912. The number of ether oxygens (including phenoxy) is 1. The Morgan fingerprint density at radius 2 is 2.13 bits per heavy atom. The molecule has 0 saturated carbocycles. The first kappa shape index (κ1) is 8.92. The first-order valence-corrected chi connectivity index (χ1v) is 5.84. The minimum absolute atomic E-state index is 0.912. The molecule has 0 spiro atoms. The fraction of sp³-hybridized carbons (Fsp3) is 0.167. The molecule has 2 nitrogen and oxygen atoms in total. The van der Waals surface area contributed by atoms with Crippen molar-refractivity contribution < 1.29 is 4.74 Å². The van der Waals surface area contributed by atoms with Gasteiger partial charge in [-0.2, -0.15) is 0 Å². The first-order chi connectivity index (χ1) is 7.38. The summed E-state index contributed by atoms with van der Waals surface area (Å²) in [4.78, 5) is 1.33. The van der Waals surface area contributed by atoms with Crippen molar-refractivity contribution in [2.75, 3.05) is 18.3 Å². The lowest BCUT2D eigenvalue weighted by Gasteiger charge is -2.06. The third kappa shape index (κ3) is 1.35. The van der Waals surface area contributed by atoms with Crippen molar-refractivity contribution >= 4 is 28.2 Å². The van der Waals surface area contributed by atoms with Crippen molar-refractivity contribution in [3.05, 3.63) is 30.3 Å². The Hall–Kier alpha value is -1.35. The average Bonchev–Trinajstić information content (AvgIpc) is 2.76. The van der Waals surface area contributed by atoms with Crippen LogP contribution in [0, 0.1) is 0 Å². The summed E-state index contributed by atoms with van der Waals surface area (Å²) in [7, 11) is 1.70. The zero-order chi connectivity index (χ0) is 10.3. The Bertz CT molecular complexity index is 524. The van der Waals surface area contributed by atoms with Crippen LogP contribution in [0.25, 0.3) is 10.8 Å². The van der Waals surface area contributed by atoms with E-state index in [0.717, 1.165) is 11.6 Å². The van der Waals surface area contributed by atoms with Crippen molar-refractivity contribution in [1.29, 1.82) is 0 Å². The lowest BCUT2D eigenvalue weighted by molar-refractivity contribution is 0.415. The van der Waals surface area contributed by atoms with Crippen LogP contribution in [0.2, 0.25) is 0 Å². The molecule has 0 saturated heterocycles. The minimum Gasteiger partial charge on any atom is -0.497 e. The van der Waals surface area contributed by atoms with Crippen molar-refractivity contribution in [3.63, 3.8) is 0 Å². The Labute approximate surface area is 92.6 Å². The number of fused-ring (bicyclic) bond motifs is 3. The third-order valence-electron chi connectivity index (χ3n) is 2.67. The van der Waals surface area contributed by atoms with E-state index in [0.29, 0.717) is 0 Å². The summed E-state index contributed by atoms with van der Waals surface area (Å²) in [5.74, 6) is 1.88. The van der Waals surface area contributed by atoms with E-state index in [1.165, 1.54) is 21.4 Å². The molecule has 1 N–H and O–H groups in total. The number of methoxy groups -OCH3 is 1. The summed E-state index contributed by atoms with van der Waals surface area (Å²) in [6.45, 7) is 0. The fourth-order valence-electron chi connectivity index (χ4n) is 1.89. The van der Waals surface area contributed by atoms with Crippen molar-refractivity contribution in [2.45, 2.75) is 4.90 Å². The molecule has 1 heterocycles. The molecule has 0 atom stereocenters. The molecule has 0 aromatic heterocycles. The van der Waals surface area contributed by atoms with Gasteiger partial charge in [0.2, 0.25) is 0 Å². The lowest BCUT2D eigenvalue weighted by atomic mass is 10.1. The second-order valence-electron chi connectivity index (χ2n) is 3.49. The van der Waals surface area contributed by atoms with Crippen molar-refractivity contribution in [2.24, 2.45) is 0 Å². The highest BCUT2D eigenvalue weighted by Crippen LogP contribution is 2.40. The van der Waals surface area contributed by atoms with Gasteiger partial charge in [0, 0.05) is 10.3 Å². The number of anilines is 1. The molecular weight excluding hydrogens is 206 g/mol. The van der Waals surface area contributed by atoms with Gasteiger partial charge < -0.3 is 10.1 Å². The van der Waals surface area contributed by atoms with Crippen LogP contribution in [0.3, 0.4) is 0 Å². The molecule has 0 radical (unpaired) electrons. The van der Waals surface area contributed by atoms with E-state index in [9.17, 15) is 0 Å². The molecule has 0 bridgehead atoms. The van der Waals surface area contributed by atoms with Crippen LogP contribution >= 0.6 is 11.8 Å². The summed E-state index contributed by atoms with van der Waals surface area (Å²) in [6, 6.07) is 10.5. The molecule has 3 rings (SSSR count). The van der Waals surface area contributed by atoms with E-state index in [1.807, 2.05) is 17.8 Å². The Kier molecular flexibility index (Phi) is 1.99. The molecule has 0 aliphatic carbocycles. The number of hydrogen-bond acceptors (Lipinski definition) is 3. The predicted octanol–water partition coefficient (Wildman–Crippen LogP) is 3.32. The maximum atomic E-state index is 5.25. The fourth-order valence-corrected chi connectivity index (χ4v) is 2.76. The number of benzene rings is 2. The standard InChI is InChI=1S/C12H11NOS/c1-14-9-4-2-8-3-5-11-12(10(8)6-9)13-7-15-11/h2-6,13H,7H2,1H3. The summed E-state index contributed by atoms with van der Waals surface area (Å²) < 4.78 is 5.25. The van der Waals surface area contributed by atoms with Crippen LogP contribution in [0.4, 0.5) is 5.69 Å². The SMILES string of the molecule is COc1ccc2ccc3c(c2c1)NCS3. The van der Waals surface area contributed by atoms with Crippen LogP contribution in [0.5, 0.6) is 5.75 Å². The van der Waals surface area contributed by atoms with Crippen LogP contribution in [-0.4, -0.2) is 13.0 Å². The monoisotopic (exact) mass is 217 g/mol. The summed E-state index contributed by atoms with van der Waals surface area (Å²) >= 11 is 1.84. The smallest absolute Gasteiger partial charge is 0.119 e. The molecule has 2 aromatic carbocycles. The van der Waals surface area contributed by atoms with Crippen molar-refractivity contribution in [1.82, 2.24) is 0 Å². The molecule has 2 aromatic rings. The molecule has 0 unspecified atom stereocenters. The van der Waals surface area contributed by atoms with E-state index in [4.69, 9.17) is 4.74 Å². The van der Waals surface area contributed by atoms with E-state index < -0.39 is 0 Å². The van der Waals surface area contributed by atoms with Gasteiger partial charge in [-0.05, 0) is 23.6 Å². The molecule has 3 heteroatoms. The van der Waals surface area contributed by atoms with Gasteiger partial charge in [-0.25, -0.2) is 0 Å². The Balaban J connectivity index is 2.32. The van der Waals surface area contributed by atoms with E-state index >= 15 is 0 Å². The summed E-state index contributed by atoms with van der Waals surface area (Å²) in [5.41, 5.74) is 1.25. The number of hydrogen-bond donors (Lipinski definition) is 1. The highest BCUT2D eigenvalue weighted by molar-refractivity contribution is 7.99. The predicted molar refractivity (Wildman–Crippen MR) is 64.8 cm³/mol. The summed E-state index contributed by atoms with van der Waals surface area (Å²) in [5, 5.41) is 5.90. The van der Waals surface area contributed by atoms with Gasteiger partial charge in [0.1, 0.15) is 5.75 Å². The highest BCUT2D eigenvalue weighted by Gasteiger charge is 2.13. The Morgan fingerprint density at radius 3 is 3.00 bits per heavy atom. The van der Waals surface area contributed by atoms with E-state index in [2.05, 4.69) is 29.6 Å². The van der Waals surface area contributed by atoms with Gasteiger partial charge in [-0.15, -0.1) is 11.8 Å². The van der Waals surface area contributed by atoms with Gasteiger partial charge in [0.25, 0.3) is 0 Å². The molecule has 0 amide bonds. The van der Waals surface area contributed by atoms with Crippen molar-refractivity contribution in [3.8, 4) is 5.75 Å². The molecule has 15 heavy (non-hydrogen) atoms. The molecular formula is C12H11NOS. The third-order valence-corrected chi connectivity index (χ3v) is 3.61. The largest absolute Gasteiger partial charge is 0.497 e. The van der Waals surface area contributed by atoms with Crippen LogP contribution in [-0.2, 0) is 0 Å². The Morgan fingerprint density at radius 1 is 1.27 bits per heavy atom. The molecule has 76 valence electrons. The zero-order valence-electron chi connectivity index (χ0n) is 8.41. The van der Waals surface area contributed by atoms with Gasteiger partial charge in [0.15, 0.2) is 0 Å². The average molecular weight is 217 g/mol. The zero-order valence-corrected chi connectivity index (χ0v) is 9.23. The second-order valence-corrected chi connectivity index (χ2v) is 4.51. The maximum absolute atomic E-state index is 5.25. The molecule has 1 aliphatic rings. The van der Waals surface area contributed by atoms with Gasteiger partial charge in [-0.1, -0.05) is 12.1 Å². The van der Waals surface area contributed by atoms with Crippen LogP contribution in [0.15, 0.2) is 35.2 Å². The number of rotatable bonds is 1. The number of nitrogens with one attached hydrogen (secondary N) is 1. The van der Waals surface area contributed by atoms with E-state index in [-0.39, 0.29) is 0 Å².